The van der Waals surface area contributed by atoms with E-state index in [2.05, 4.69) is 26.1 Å². The molecule has 0 amide bonds. The van der Waals surface area contributed by atoms with E-state index in [9.17, 15) is 4.39 Å². The number of hydrogen-bond acceptors (Lipinski definition) is 1. The number of halogens is 1. The number of rotatable bonds is 0. The van der Waals surface area contributed by atoms with Crippen molar-refractivity contribution >= 4 is 5.69 Å². The van der Waals surface area contributed by atoms with Crippen LogP contribution in [0.1, 0.15) is 32.3 Å². The van der Waals surface area contributed by atoms with Crippen LogP contribution in [-0.4, -0.2) is 6.54 Å². The summed E-state index contributed by atoms with van der Waals surface area (Å²) < 4.78 is 13.1. The molecule has 1 aromatic rings. The molecule has 0 saturated carbocycles. The number of fused-ring (bicyclic) bond motifs is 1. The van der Waals surface area contributed by atoms with Crippen LogP contribution in [0.25, 0.3) is 0 Å². The first-order valence-corrected chi connectivity index (χ1v) is 5.02. The lowest BCUT2D eigenvalue weighted by atomic mass is 9.78. The minimum atomic E-state index is -0.137. The number of anilines is 1. The average molecular weight is 193 g/mol. The molecule has 1 N–H and O–H groups in total. The Kier molecular flexibility index (Phi) is 2.02. The normalized spacial score (nSPS) is 20.4. The third kappa shape index (κ3) is 1.49. The lowest BCUT2D eigenvalue weighted by Crippen LogP contribution is -2.19. The average Bonchev–Trinajstić information content (AvgIpc) is 2.45. The Hall–Kier alpha value is -1.05. The van der Waals surface area contributed by atoms with Crippen molar-refractivity contribution in [1.29, 1.82) is 0 Å². The summed E-state index contributed by atoms with van der Waals surface area (Å²) in [4.78, 5) is 0. The predicted octanol–water partition coefficient (Wildman–Crippen LogP) is 3.38. The third-order valence-electron chi connectivity index (χ3n) is 2.93. The molecule has 0 radical (unpaired) electrons. The van der Waals surface area contributed by atoms with Gasteiger partial charge >= 0.3 is 0 Å². The maximum absolute atomic E-state index is 13.1. The lowest BCUT2D eigenvalue weighted by Gasteiger charge is -2.26. The molecule has 1 aliphatic heterocycles. The van der Waals surface area contributed by atoms with Crippen LogP contribution in [0.5, 0.6) is 0 Å². The van der Waals surface area contributed by atoms with Gasteiger partial charge in [0.15, 0.2) is 0 Å². The van der Waals surface area contributed by atoms with E-state index in [4.69, 9.17) is 0 Å². The zero-order valence-corrected chi connectivity index (χ0v) is 8.89. The summed E-state index contributed by atoms with van der Waals surface area (Å²) in [6.45, 7) is 7.50. The fraction of sp³-hybridized carbons (Fsp3) is 0.500. The van der Waals surface area contributed by atoms with Gasteiger partial charge < -0.3 is 5.32 Å². The molecule has 1 aromatic carbocycles. The summed E-state index contributed by atoms with van der Waals surface area (Å²) >= 11 is 0. The van der Waals surface area contributed by atoms with E-state index >= 15 is 0 Å². The van der Waals surface area contributed by atoms with Crippen LogP contribution in [0.2, 0.25) is 0 Å². The van der Waals surface area contributed by atoms with Crippen LogP contribution in [0, 0.1) is 11.2 Å². The van der Waals surface area contributed by atoms with E-state index in [1.54, 1.807) is 6.07 Å². The largest absolute Gasteiger partial charge is 0.384 e. The smallest absolute Gasteiger partial charge is 0.123 e. The van der Waals surface area contributed by atoms with E-state index in [1.807, 2.05) is 6.07 Å². The van der Waals surface area contributed by atoms with Crippen molar-refractivity contribution in [3.8, 4) is 0 Å². The van der Waals surface area contributed by atoms with Crippen LogP contribution < -0.4 is 5.32 Å². The molecular formula is C12H16FN. The van der Waals surface area contributed by atoms with Gasteiger partial charge in [-0.05, 0) is 29.2 Å². The molecule has 0 spiro atoms. The quantitative estimate of drug-likeness (QED) is 0.666. The Morgan fingerprint density at radius 2 is 2.07 bits per heavy atom. The van der Waals surface area contributed by atoms with Gasteiger partial charge in [-0.3, -0.25) is 0 Å². The summed E-state index contributed by atoms with van der Waals surface area (Å²) in [6.07, 6.45) is 0. The van der Waals surface area contributed by atoms with Crippen LogP contribution >= 0.6 is 0 Å². The molecule has 2 heteroatoms. The van der Waals surface area contributed by atoms with E-state index in [0.29, 0.717) is 5.92 Å². The molecule has 2 rings (SSSR count). The first-order chi connectivity index (χ1) is 6.48. The second-order valence-corrected chi connectivity index (χ2v) is 5.03. The first kappa shape index (κ1) is 9.50. The van der Waals surface area contributed by atoms with Crippen molar-refractivity contribution in [2.45, 2.75) is 26.7 Å². The molecule has 0 aliphatic carbocycles. The molecule has 14 heavy (non-hydrogen) atoms. The fourth-order valence-electron chi connectivity index (χ4n) is 2.08. The Morgan fingerprint density at radius 3 is 2.71 bits per heavy atom. The van der Waals surface area contributed by atoms with Gasteiger partial charge in [-0.1, -0.05) is 20.8 Å². The molecule has 0 bridgehead atoms. The maximum Gasteiger partial charge on any atom is 0.123 e. The van der Waals surface area contributed by atoms with Gasteiger partial charge in [0.1, 0.15) is 5.82 Å². The topological polar surface area (TPSA) is 12.0 Å². The predicted molar refractivity (Wildman–Crippen MR) is 57.1 cm³/mol. The molecule has 0 saturated heterocycles. The molecule has 1 aliphatic rings. The summed E-state index contributed by atoms with van der Waals surface area (Å²) in [5, 5.41) is 3.32. The van der Waals surface area contributed by atoms with Crippen molar-refractivity contribution < 1.29 is 4.39 Å². The molecular weight excluding hydrogens is 177 g/mol. The molecule has 1 nitrogen and oxygen atoms in total. The van der Waals surface area contributed by atoms with Crippen LogP contribution in [-0.2, 0) is 0 Å². The summed E-state index contributed by atoms with van der Waals surface area (Å²) in [7, 11) is 0. The highest BCUT2D eigenvalue weighted by molar-refractivity contribution is 5.58. The first-order valence-electron chi connectivity index (χ1n) is 5.02. The van der Waals surface area contributed by atoms with Crippen LogP contribution in [0.4, 0.5) is 10.1 Å². The summed E-state index contributed by atoms with van der Waals surface area (Å²) in [5.41, 5.74) is 2.40. The van der Waals surface area contributed by atoms with E-state index in [1.165, 1.54) is 6.07 Å². The third-order valence-corrected chi connectivity index (χ3v) is 2.93. The fourth-order valence-corrected chi connectivity index (χ4v) is 2.08. The second kappa shape index (κ2) is 2.97. The van der Waals surface area contributed by atoms with Crippen molar-refractivity contribution in [2.75, 3.05) is 11.9 Å². The van der Waals surface area contributed by atoms with Gasteiger partial charge in [0, 0.05) is 18.2 Å². The van der Waals surface area contributed by atoms with E-state index in [0.717, 1.165) is 17.8 Å². The molecule has 1 unspecified atom stereocenters. The molecule has 0 fully saturated rings. The van der Waals surface area contributed by atoms with Crippen molar-refractivity contribution in [3.05, 3.63) is 29.6 Å². The highest BCUT2D eigenvalue weighted by atomic mass is 19.1. The lowest BCUT2D eigenvalue weighted by molar-refractivity contribution is 0.339. The monoisotopic (exact) mass is 193 g/mol. The molecule has 1 heterocycles. The van der Waals surface area contributed by atoms with Crippen LogP contribution in [0.15, 0.2) is 18.2 Å². The van der Waals surface area contributed by atoms with Crippen molar-refractivity contribution in [2.24, 2.45) is 5.41 Å². The Morgan fingerprint density at radius 1 is 1.36 bits per heavy atom. The zero-order valence-electron chi connectivity index (χ0n) is 8.89. The van der Waals surface area contributed by atoms with Crippen LogP contribution in [0.3, 0.4) is 0 Å². The van der Waals surface area contributed by atoms with E-state index < -0.39 is 0 Å². The highest BCUT2D eigenvalue weighted by Crippen LogP contribution is 2.42. The molecule has 1 atom stereocenters. The number of nitrogens with one attached hydrogen (secondary N) is 1. The maximum atomic E-state index is 13.1. The Bertz CT molecular complexity index is 352. The van der Waals surface area contributed by atoms with Gasteiger partial charge in [0.05, 0.1) is 0 Å². The second-order valence-electron chi connectivity index (χ2n) is 5.03. The van der Waals surface area contributed by atoms with Gasteiger partial charge in [0.25, 0.3) is 0 Å². The van der Waals surface area contributed by atoms with Crippen molar-refractivity contribution in [1.82, 2.24) is 0 Å². The highest BCUT2D eigenvalue weighted by Gasteiger charge is 2.32. The molecule has 76 valence electrons. The minimum absolute atomic E-state index is 0.137. The van der Waals surface area contributed by atoms with Gasteiger partial charge in [-0.25, -0.2) is 4.39 Å². The Balaban J connectivity index is 2.43. The Labute approximate surface area is 84.3 Å². The van der Waals surface area contributed by atoms with Gasteiger partial charge in [0.2, 0.25) is 0 Å². The van der Waals surface area contributed by atoms with E-state index in [-0.39, 0.29) is 11.2 Å². The summed E-state index contributed by atoms with van der Waals surface area (Å²) in [5.74, 6) is 0.273. The standard InChI is InChI=1S/C12H16FN/c1-12(2,3)10-7-14-11-5-4-8(13)6-9(10)11/h4-6,10,14H,7H2,1-3H3. The minimum Gasteiger partial charge on any atom is -0.384 e. The number of hydrogen-bond donors (Lipinski definition) is 1. The van der Waals surface area contributed by atoms with Gasteiger partial charge in [-0.15, -0.1) is 0 Å². The summed E-state index contributed by atoms with van der Waals surface area (Å²) in [6, 6.07) is 5.00. The van der Waals surface area contributed by atoms with Crippen molar-refractivity contribution in [3.63, 3.8) is 0 Å². The molecule has 0 aromatic heterocycles. The zero-order chi connectivity index (χ0) is 10.3. The number of benzene rings is 1. The van der Waals surface area contributed by atoms with Gasteiger partial charge in [-0.2, -0.15) is 0 Å². The SMILES string of the molecule is CC(C)(C)C1CNc2ccc(F)cc21.